The molecule has 1 fully saturated rings. The topological polar surface area (TPSA) is 61.9 Å². The number of hydrogen-bond donors (Lipinski definition) is 1. The second-order valence-electron chi connectivity index (χ2n) is 6.11. The Labute approximate surface area is 136 Å². The van der Waals surface area contributed by atoms with Crippen LogP contribution in [0.5, 0.6) is 0 Å². The molecule has 1 amide bonds. The average Bonchev–Trinajstić information content (AvgIpc) is 3.16. The third-order valence-electron chi connectivity index (χ3n) is 4.56. The highest BCUT2D eigenvalue weighted by Gasteiger charge is 2.41. The number of aromatic nitrogens is 3. The van der Waals surface area contributed by atoms with Gasteiger partial charge in [-0.1, -0.05) is 12.1 Å². The number of rotatable bonds is 3. The van der Waals surface area contributed by atoms with E-state index in [-0.39, 0.29) is 12.3 Å². The molecular weight excluding hydrogens is 321 g/mol. The summed E-state index contributed by atoms with van der Waals surface area (Å²) in [7, 11) is 0. The van der Waals surface area contributed by atoms with Crippen LogP contribution >= 0.6 is 0 Å². The third-order valence-corrected chi connectivity index (χ3v) is 4.56. The molecule has 1 aromatic heterocycles. The summed E-state index contributed by atoms with van der Waals surface area (Å²) < 4.78 is 38.2. The van der Waals surface area contributed by atoms with Crippen molar-refractivity contribution in [2.45, 2.75) is 37.9 Å². The standard InChI is InChI=1S/C16H17F3N4O/c1-15(11-3-5-12(6-4-11)16(17,18)19)7-2-8-23(15)14(24)9-13-20-10-21-22-13/h3-6,10H,2,7-9H2,1H3,(H,20,21,22). The summed E-state index contributed by atoms with van der Waals surface area (Å²) in [5.41, 5.74) is -0.590. The van der Waals surface area contributed by atoms with E-state index >= 15 is 0 Å². The van der Waals surface area contributed by atoms with Crippen molar-refractivity contribution in [1.29, 1.82) is 0 Å². The summed E-state index contributed by atoms with van der Waals surface area (Å²) in [6.07, 6.45) is -1.42. The molecule has 2 heterocycles. The van der Waals surface area contributed by atoms with Gasteiger partial charge in [-0.15, -0.1) is 0 Å². The highest BCUT2D eigenvalue weighted by molar-refractivity contribution is 5.79. The molecule has 0 radical (unpaired) electrons. The Bertz CT molecular complexity index is 712. The molecule has 0 aliphatic carbocycles. The van der Waals surface area contributed by atoms with Gasteiger partial charge in [0.1, 0.15) is 12.2 Å². The van der Waals surface area contributed by atoms with E-state index in [1.165, 1.54) is 18.5 Å². The first-order valence-electron chi connectivity index (χ1n) is 7.63. The van der Waals surface area contributed by atoms with Gasteiger partial charge in [0, 0.05) is 6.54 Å². The van der Waals surface area contributed by atoms with E-state index in [1.807, 2.05) is 6.92 Å². The molecule has 1 aliphatic heterocycles. The number of alkyl halides is 3. The van der Waals surface area contributed by atoms with E-state index in [0.29, 0.717) is 24.4 Å². The Morgan fingerprint density at radius 1 is 1.33 bits per heavy atom. The van der Waals surface area contributed by atoms with Crippen molar-refractivity contribution in [3.63, 3.8) is 0 Å². The van der Waals surface area contributed by atoms with Crippen LogP contribution in [0.4, 0.5) is 13.2 Å². The molecule has 1 aromatic carbocycles. The molecule has 1 unspecified atom stereocenters. The number of carbonyl (C=O) groups is 1. The van der Waals surface area contributed by atoms with Gasteiger partial charge in [-0.3, -0.25) is 9.89 Å². The van der Waals surface area contributed by atoms with Crippen LogP contribution in [-0.2, 0) is 22.9 Å². The summed E-state index contributed by atoms with van der Waals surface area (Å²) >= 11 is 0. The summed E-state index contributed by atoms with van der Waals surface area (Å²) in [6.45, 7) is 2.46. The van der Waals surface area contributed by atoms with E-state index in [4.69, 9.17) is 0 Å². The molecule has 5 nitrogen and oxygen atoms in total. The number of carbonyl (C=O) groups excluding carboxylic acids is 1. The van der Waals surface area contributed by atoms with Crippen LogP contribution < -0.4 is 0 Å². The fraction of sp³-hybridized carbons (Fsp3) is 0.438. The van der Waals surface area contributed by atoms with E-state index in [2.05, 4.69) is 15.2 Å². The molecule has 1 aliphatic rings. The lowest BCUT2D eigenvalue weighted by Gasteiger charge is -2.36. The molecule has 0 bridgehead atoms. The Hall–Kier alpha value is -2.38. The summed E-state index contributed by atoms with van der Waals surface area (Å²) in [6, 6.07) is 5.06. The van der Waals surface area contributed by atoms with Gasteiger partial charge in [-0.2, -0.15) is 18.3 Å². The molecule has 0 saturated carbocycles. The van der Waals surface area contributed by atoms with Crippen molar-refractivity contribution < 1.29 is 18.0 Å². The maximum absolute atomic E-state index is 12.7. The predicted molar refractivity (Wildman–Crippen MR) is 79.8 cm³/mol. The van der Waals surface area contributed by atoms with Crippen molar-refractivity contribution in [1.82, 2.24) is 20.1 Å². The maximum atomic E-state index is 12.7. The average molecular weight is 338 g/mol. The number of aromatic amines is 1. The van der Waals surface area contributed by atoms with Crippen molar-refractivity contribution >= 4 is 5.91 Å². The third kappa shape index (κ3) is 3.00. The van der Waals surface area contributed by atoms with Crippen molar-refractivity contribution in [3.8, 4) is 0 Å². The number of likely N-dealkylation sites (tertiary alicyclic amines) is 1. The quantitative estimate of drug-likeness (QED) is 0.936. The molecular formula is C16H17F3N4O. The van der Waals surface area contributed by atoms with Crippen molar-refractivity contribution in [2.24, 2.45) is 0 Å². The first-order chi connectivity index (χ1) is 11.3. The first-order valence-corrected chi connectivity index (χ1v) is 7.63. The number of amides is 1. The minimum Gasteiger partial charge on any atom is -0.333 e. The lowest BCUT2D eigenvalue weighted by molar-refractivity contribution is -0.138. The van der Waals surface area contributed by atoms with Gasteiger partial charge < -0.3 is 4.90 Å². The minimum atomic E-state index is -4.36. The first kappa shape index (κ1) is 16.5. The second kappa shape index (κ2) is 5.92. The zero-order chi connectivity index (χ0) is 17.4. The Morgan fingerprint density at radius 2 is 2.04 bits per heavy atom. The lowest BCUT2D eigenvalue weighted by Crippen LogP contribution is -2.43. The van der Waals surface area contributed by atoms with Gasteiger partial charge in [0.25, 0.3) is 0 Å². The Kier molecular flexibility index (Phi) is 4.06. The van der Waals surface area contributed by atoms with E-state index in [0.717, 1.165) is 18.6 Å². The lowest BCUT2D eigenvalue weighted by atomic mass is 9.88. The van der Waals surface area contributed by atoms with Crippen LogP contribution in [0, 0.1) is 0 Å². The number of halogens is 3. The highest BCUT2D eigenvalue weighted by atomic mass is 19.4. The Morgan fingerprint density at radius 3 is 2.62 bits per heavy atom. The molecule has 3 rings (SSSR count). The fourth-order valence-corrected chi connectivity index (χ4v) is 3.24. The van der Waals surface area contributed by atoms with E-state index in [1.54, 1.807) is 4.90 Å². The smallest absolute Gasteiger partial charge is 0.333 e. The van der Waals surface area contributed by atoms with Crippen LogP contribution in [0.25, 0.3) is 0 Å². The molecule has 0 spiro atoms. The predicted octanol–water partition coefficient (Wildman–Crippen LogP) is 2.90. The second-order valence-corrected chi connectivity index (χ2v) is 6.11. The minimum absolute atomic E-state index is 0.0935. The summed E-state index contributed by atoms with van der Waals surface area (Å²) in [5, 5.41) is 6.36. The van der Waals surface area contributed by atoms with Crippen LogP contribution in [0.2, 0.25) is 0 Å². The largest absolute Gasteiger partial charge is 0.416 e. The van der Waals surface area contributed by atoms with Crippen LogP contribution in [0.15, 0.2) is 30.6 Å². The number of nitrogens with one attached hydrogen (secondary N) is 1. The highest BCUT2D eigenvalue weighted by Crippen LogP contribution is 2.40. The van der Waals surface area contributed by atoms with Crippen LogP contribution in [0.3, 0.4) is 0 Å². The summed E-state index contributed by atoms with van der Waals surface area (Å²) in [5.74, 6) is 0.355. The molecule has 8 heteroatoms. The molecule has 1 saturated heterocycles. The van der Waals surface area contributed by atoms with Crippen molar-refractivity contribution in [2.75, 3.05) is 6.54 Å². The van der Waals surface area contributed by atoms with E-state index < -0.39 is 17.3 Å². The molecule has 2 aromatic rings. The van der Waals surface area contributed by atoms with Gasteiger partial charge in [0.05, 0.1) is 17.5 Å². The van der Waals surface area contributed by atoms with E-state index in [9.17, 15) is 18.0 Å². The summed E-state index contributed by atoms with van der Waals surface area (Å²) in [4.78, 5) is 18.3. The monoisotopic (exact) mass is 338 g/mol. The van der Waals surface area contributed by atoms with Crippen LogP contribution in [0.1, 0.15) is 36.7 Å². The number of H-pyrrole nitrogens is 1. The van der Waals surface area contributed by atoms with Crippen molar-refractivity contribution in [3.05, 3.63) is 47.5 Å². The molecule has 24 heavy (non-hydrogen) atoms. The number of benzene rings is 1. The number of hydrogen-bond acceptors (Lipinski definition) is 3. The SMILES string of the molecule is CC1(c2ccc(C(F)(F)F)cc2)CCCN1C(=O)Cc1ncn[nH]1. The zero-order valence-corrected chi connectivity index (χ0v) is 13.1. The Balaban J connectivity index is 1.83. The van der Waals surface area contributed by atoms with Gasteiger partial charge in [0.15, 0.2) is 0 Å². The van der Waals surface area contributed by atoms with Gasteiger partial charge in [-0.05, 0) is 37.5 Å². The van der Waals surface area contributed by atoms with Gasteiger partial charge >= 0.3 is 6.18 Å². The molecule has 1 atom stereocenters. The fourth-order valence-electron chi connectivity index (χ4n) is 3.24. The maximum Gasteiger partial charge on any atom is 0.416 e. The zero-order valence-electron chi connectivity index (χ0n) is 13.1. The van der Waals surface area contributed by atoms with Gasteiger partial charge in [0.2, 0.25) is 5.91 Å². The van der Waals surface area contributed by atoms with Gasteiger partial charge in [-0.25, -0.2) is 4.98 Å². The normalized spacial score (nSPS) is 21.2. The van der Waals surface area contributed by atoms with Crippen LogP contribution in [-0.4, -0.2) is 32.5 Å². The molecule has 128 valence electrons. The number of nitrogens with zero attached hydrogens (tertiary/aromatic N) is 3. The molecule has 1 N–H and O–H groups in total.